The first kappa shape index (κ1) is 31.8. The Kier molecular flexibility index (Phi) is 8.65. The van der Waals surface area contributed by atoms with Crippen molar-refractivity contribution in [3.63, 3.8) is 0 Å². The summed E-state index contributed by atoms with van der Waals surface area (Å²) in [5.41, 5.74) is 9.61. The molecule has 1 unspecified atom stereocenters. The summed E-state index contributed by atoms with van der Waals surface area (Å²) in [7, 11) is 0. The number of hydrogen-bond acceptors (Lipinski definition) is 7. The van der Waals surface area contributed by atoms with Gasteiger partial charge in [-0.3, -0.25) is 19.8 Å². The van der Waals surface area contributed by atoms with Crippen LogP contribution in [0.5, 0.6) is 0 Å². The Hall–Kier alpha value is -4.74. The molecule has 1 saturated carbocycles. The molecule has 7 rings (SSSR count). The number of nitrogens with zero attached hydrogens (tertiary/aromatic N) is 4. The Morgan fingerprint density at radius 2 is 1.71 bits per heavy atom. The van der Waals surface area contributed by atoms with E-state index in [4.69, 9.17) is 4.52 Å². The highest BCUT2D eigenvalue weighted by atomic mass is 16.5. The number of aryl methyl sites for hydroxylation is 3. The Bertz CT molecular complexity index is 1840. The summed E-state index contributed by atoms with van der Waals surface area (Å²) < 4.78 is 5.52. The van der Waals surface area contributed by atoms with Crippen LogP contribution < -0.4 is 10.2 Å². The van der Waals surface area contributed by atoms with Crippen molar-refractivity contribution in [2.75, 3.05) is 24.5 Å². The van der Waals surface area contributed by atoms with E-state index in [0.717, 1.165) is 91.3 Å². The maximum Gasteiger partial charge on any atom is 0.234 e. The fourth-order valence-electron chi connectivity index (χ4n) is 7.55. The third-order valence-electron chi connectivity index (χ3n) is 10.7. The van der Waals surface area contributed by atoms with E-state index in [2.05, 4.69) is 87.9 Å². The van der Waals surface area contributed by atoms with Crippen molar-refractivity contribution >= 4 is 23.2 Å². The molecular formula is C40H43N5O3. The van der Waals surface area contributed by atoms with Gasteiger partial charge in [0.25, 0.3) is 0 Å². The molecule has 0 spiro atoms. The number of hydrogen-bond donors (Lipinski definition) is 1. The van der Waals surface area contributed by atoms with Gasteiger partial charge in [-0.25, -0.2) is 0 Å². The number of anilines is 2. The number of benzene rings is 3. The predicted molar refractivity (Wildman–Crippen MR) is 186 cm³/mol. The van der Waals surface area contributed by atoms with E-state index in [9.17, 15) is 14.9 Å². The highest BCUT2D eigenvalue weighted by molar-refractivity contribution is 6.00. The number of nitrogens with one attached hydrogen (secondary N) is 1. The quantitative estimate of drug-likeness (QED) is 0.190. The van der Waals surface area contributed by atoms with Gasteiger partial charge in [-0.15, -0.1) is 0 Å². The molecule has 1 atom stereocenters. The number of likely N-dealkylation sites (tertiary alicyclic amines) is 1. The van der Waals surface area contributed by atoms with Gasteiger partial charge in [-0.2, -0.15) is 5.26 Å². The standard InChI is InChI=1S/C40H43N5O3/c1-26-4-7-32(38-27(2)43-48-28(38)3)22-36(26)45(34-12-10-33(11-13-34)40(25-41)18-19-40)24-30-16-20-44(21-17-30)23-29-5-8-31(9-6-29)35-14-15-37(46)42-39(35)47/h4-13,22,30,35H,14-21,23-24H2,1-3H3,(H,42,46,47). The molecule has 3 fully saturated rings. The molecule has 8 nitrogen and oxygen atoms in total. The Labute approximate surface area is 282 Å². The highest BCUT2D eigenvalue weighted by Gasteiger charge is 2.44. The zero-order valence-electron chi connectivity index (χ0n) is 28.1. The molecule has 48 heavy (non-hydrogen) atoms. The Balaban J connectivity index is 1.06. The van der Waals surface area contributed by atoms with Crippen LogP contribution in [0, 0.1) is 38.0 Å². The molecule has 3 aromatic carbocycles. The second kappa shape index (κ2) is 13.0. The lowest BCUT2D eigenvalue weighted by molar-refractivity contribution is -0.134. The minimum Gasteiger partial charge on any atom is -0.361 e. The molecule has 0 radical (unpaired) electrons. The molecule has 2 aliphatic heterocycles. The van der Waals surface area contributed by atoms with E-state index in [0.29, 0.717) is 18.8 Å². The number of rotatable bonds is 9. The lowest BCUT2D eigenvalue weighted by Gasteiger charge is -2.36. The van der Waals surface area contributed by atoms with Crippen molar-refractivity contribution in [3.05, 3.63) is 100 Å². The topological polar surface area (TPSA) is 102 Å². The highest BCUT2D eigenvalue weighted by Crippen LogP contribution is 2.48. The Morgan fingerprint density at radius 3 is 2.33 bits per heavy atom. The van der Waals surface area contributed by atoms with Crippen LogP contribution in [0.2, 0.25) is 0 Å². The molecule has 8 heteroatoms. The van der Waals surface area contributed by atoms with Crippen molar-refractivity contribution in [1.82, 2.24) is 15.4 Å². The zero-order chi connectivity index (χ0) is 33.4. The summed E-state index contributed by atoms with van der Waals surface area (Å²) in [5.74, 6) is 0.724. The van der Waals surface area contributed by atoms with Gasteiger partial charge in [0.05, 0.1) is 23.1 Å². The van der Waals surface area contributed by atoms with Crippen molar-refractivity contribution in [2.45, 2.75) is 77.2 Å². The SMILES string of the molecule is Cc1ccc(-c2c(C)noc2C)cc1N(CC1CCN(Cc2ccc(C3CCC(=O)NC3=O)cc2)CC1)c1ccc(C2(C#N)CC2)cc1. The first-order valence-corrected chi connectivity index (χ1v) is 17.2. The first-order valence-electron chi connectivity index (χ1n) is 17.2. The normalized spacial score (nSPS) is 19.5. The van der Waals surface area contributed by atoms with Crippen LogP contribution >= 0.6 is 0 Å². The number of carbonyl (C=O) groups is 2. The summed E-state index contributed by atoms with van der Waals surface area (Å²) in [6.45, 7) is 9.97. The summed E-state index contributed by atoms with van der Waals surface area (Å²) in [5, 5.41) is 16.5. The third-order valence-corrected chi connectivity index (χ3v) is 10.7. The van der Waals surface area contributed by atoms with Crippen LogP contribution in [0.15, 0.2) is 71.3 Å². The fraction of sp³-hybridized carbons (Fsp3) is 0.400. The lowest BCUT2D eigenvalue weighted by atomic mass is 9.90. The summed E-state index contributed by atoms with van der Waals surface area (Å²) in [6, 6.07) is 26.2. The molecule has 1 N–H and O–H groups in total. The molecule has 2 amide bonds. The maximum absolute atomic E-state index is 12.3. The molecule has 4 aromatic rings. The van der Waals surface area contributed by atoms with Gasteiger partial charge in [0.1, 0.15) is 5.76 Å². The van der Waals surface area contributed by atoms with E-state index in [1.807, 2.05) is 26.0 Å². The van der Waals surface area contributed by atoms with E-state index in [1.54, 1.807) is 0 Å². The number of imide groups is 1. The van der Waals surface area contributed by atoms with E-state index < -0.39 is 0 Å². The van der Waals surface area contributed by atoms with Gasteiger partial charge in [0.15, 0.2) is 0 Å². The third kappa shape index (κ3) is 6.40. The van der Waals surface area contributed by atoms with Gasteiger partial charge in [0, 0.05) is 36.4 Å². The first-order chi connectivity index (χ1) is 23.2. The molecule has 3 heterocycles. The monoisotopic (exact) mass is 641 g/mol. The van der Waals surface area contributed by atoms with Crippen LogP contribution in [0.3, 0.4) is 0 Å². The number of nitriles is 1. The van der Waals surface area contributed by atoms with E-state index >= 15 is 0 Å². The second-order valence-electron chi connectivity index (χ2n) is 14.0. The molecule has 1 aliphatic carbocycles. The molecule has 1 aromatic heterocycles. The van der Waals surface area contributed by atoms with Gasteiger partial charge in [-0.05, 0) is 118 Å². The second-order valence-corrected chi connectivity index (χ2v) is 14.0. The van der Waals surface area contributed by atoms with Crippen LogP contribution in [-0.4, -0.2) is 41.5 Å². The van der Waals surface area contributed by atoms with Crippen LogP contribution in [-0.2, 0) is 21.5 Å². The van der Waals surface area contributed by atoms with Gasteiger partial charge < -0.3 is 9.42 Å². The van der Waals surface area contributed by atoms with E-state index in [1.165, 1.54) is 16.8 Å². The summed E-state index contributed by atoms with van der Waals surface area (Å²) >= 11 is 0. The average molecular weight is 642 g/mol. The van der Waals surface area contributed by atoms with Crippen LogP contribution in [0.25, 0.3) is 11.1 Å². The van der Waals surface area contributed by atoms with Crippen molar-refractivity contribution in [3.8, 4) is 17.2 Å². The van der Waals surface area contributed by atoms with Gasteiger partial charge >= 0.3 is 0 Å². The minimum absolute atomic E-state index is 0.181. The largest absolute Gasteiger partial charge is 0.361 e. The zero-order valence-corrected chi connectivity index (χ0v) is 28.1. The van der Waals surface area contributed by atoms with Crippen molar-refractivity contribution < 1.29 is 14.1 Å². The minimum atomic E-state index is -0.305. The maximum atomic E-state index is 12.3. The number of aromatic nitrogens is 1. The molecular weight excluding hydrogens is 598 g/mol. The van der Waals surface area contributed by atoms with E-state index in [-0.39, 0.29) is 23.1 Å². The van der Waals surface area contributed by atoms with Crippen LogP contribution in [0.1, 0.15) is 78.2 Å². The van der Waals surface area contributed by atoms with Gasteiger partial charge in [-0.1, -0.05) is 53.7 Å². The molecule has 2 saturated heterocycles. The summed E-state index contributed by atoms with van der Waals surface area (Å²) in [4.78, 5) is 28.9. The van der Waals surface area contributed by atoms with Gasteiger partial charge in [0.2, 0.25) is 11.8 Å². The number of amides is 2. The average Bonchev–Trinajstić information content (AvgIpc) is 3.83. The molecule has 3 aliphatic rings. The predicted octanol–water partition coefficient (Wildman–Crippen LogP) is 7.39. The smallest absolute Gasteiger partial charge is 0.234 e. The Morgan fingerprint density at radius 1 is 0.979 bits per heavy atom. The van der Waals surface area contributed by atoms with Crippen LogP contribution in [0.4, 0.5) is 11.4 Å². The fourth-order valence-corrected chi connectivity index (χ4v) is 7.55. The lowest BCUT2D eigenvalue weighted by Crippen LogP contribution is -2.39. The molecule has 246 valence electrons. The molecule has 0 bridgehead atoms. The number of piperidine rings is 2. The number of carbonyl (C=O) groups excluding carboxylic acids is 2. The van der Waals surface area contributed by atoms with Crippen molar-refractivity contribution in [2.24, 2.45) is 5.92 Å². The summed E-state index contributed by atoms with van der Waals surface area (Å²) in [6.07, 6.45) is 5.04. The van der Waals surface area contributed by atoms with Crippen molar-refractivity contribution in [1.29, 1.82) is 5.26 Å².